The van der Waals surface area contributed by atoms with Gasteiger partial charge in [0.15, 0.2) is 5.12 Å². The number of anilines is 1. The summed E-state index contributed by atoms with van der Waals surface area (Å²) in [5.41, 5.74) is 7.17. The monoisotopic (exact) mass is 249 g/mol. The van der Waals surface area contributed by atoms with Gasteiger partial charge in [-0.05, 0) is 12.1 Å². The SMILES string of the molecule is COc1cc(N)cc(C#CCCSC(C)=O)c1. The standard InChI is InChI=1S/C13H15NO2S/c1-10(15)17-6-4-3-5-11-7-12(14)9-13(8-11)16-2/h7-9H,4,6,14H2,1-2H3. The zero-order chi connectivity index (χ0) is 12.7. The summed E-state index contributed by atoms with van der Waals surface area (Å²) >= 11 is 1.29. The summed E-state index contributed by atoms with van der Waals surface area (Å²) in [7, 11) is 1.59. The van der Waals surface area contributed by atoms with Crippen LogP contribution in [-0.2, 0) is 4.79 Å². The van der Waals surface area contributed by atoms with Crippen LogP contribution < -0.4 is 10.5 Å². The van der Waals surface area contributed by atoms with Gasteiger partial charge in [0.05, 0.1) is 7.11 Å². The summed E-state index contributed by atoms with van der Waals surface area (Å²) in [6, 6.07) is 5.38. The first-order valence-corrected chi connectivity index (χ1v) is 6.17. The fraction of sp³-hybridized carbons (Fsp3) is 0.308. The highest BCUT2D eigenvalue weighted by Crippen LogP contribution is 2.17. The lowest BCUT2D eigenvalue weighted by atomic mass is 10.2. The molecule has 0 spiro atoms. The molecule has 1 rings (SSSR count). The lowest BCUT2D eigenvalue weighted by Crippen LogP contribution is -1.90. The number of nitrogens with two attached hydrogens (primary N) is 1. The van der Waals surface area contributed by atoms with Gasteiger partial charge in [-0.25, -0.2) is 0 Å². The number of hydrogen-bond donors (Lipinski definition) is 1. The van der Waals surface area contributed by atoms with Gasteiger partial charge < -0.3 is 10.5 Å². The van der Waals surface area contributed by atoms with Crippen LogP contribution >= 0.6 is 11.8 Å². The molecule has 4 heteroatoms. The molecular weight excluding hydrogens is 234 g/mol. The zero-order valence-corrected chi connectivity index (χ0v) is 10.8. The number of benzene rings is 1. The molecule has 0 atom stereocenters. The normalized spacial score (nSPS) is 9.29. The zero-order valence-electron chi connectivity index (χ0n) is 9.95. The highest BCUT2D eigenvalue weighted by atomic mass is 32.2. The topological polar surface area (TPSA) is 52.3 Å². The second-order valence-electron chi connectivity index (χ2n) is 3.39. The van der Waals surface area contributed by atoms with Gasteiger partial charge in [0, 0.05) is 36.4 Å². The molecule has 17 heavy (non-hydrogen) atoms. The smallest absolute Gasteiger partial charge is 0.185 e. The molecule has 0 aromatic heterocycles. The summed E-state index contributed by atoms with van der Waals surface area (Å²) in [5, 5.41) is 0.123. The minimum atomic E-state index is 0.123. The van der Waals surface area contributed by atoms with E-state index in [9.17, 15) is 4.79 Å². The van der Waals surface area contributed by atoms with Gasteiger partial charge in [0.25, 0.3) is 0 Å². The van der Waals surface area contributed by atoms with Crippen molar-refractivity contribution in [3.05, 3.63) is 23.8 Å². The second-order valence-corrected chi connectivity index (χ2v) is 4.66. The molecule has 0 amide bonds. The molecule has 0 aliphatic rings. The van der Waals surface area contributed by atoms with E-state index in [2.05, 4.69) is 11.8 Å². The molecule has 3 nitrogen and oxygen atoms in total. The van der Waals surface area contributed by atoms with Crippen LogP contribution in [0, 0.1) is 11.8 Å². The highest BCUT2D eigenvalue weighted by Gasteiger charge is 1.96. The Labute approximate surface area is 106 Å². The maximum absolute atomic E-state index is 10.7. The fourth-order valence-corrected chi connectivity index (χ4v) is 1.71. The molecule has 0 aliphatic heterocycles. The summed E-state index contributed by atoms with van der Waals surface area (Å²) in [6.45, 7) is 1.56. The van der Waals surface area contributed by atoms with Gasteiger partial charge in [-0.15, -0.1) is 0 Å². The van der Waals surface area contributed by atoms with Gasteiger partial charge >= 0.3 is 0 Å². The van der Waals surface area contributed by atoms with Gasteiger partial charge in [0.2, 0.25) is 0 Å². The third-order valence-corrected chi connectivity index (χ3v) is 2.74. The van der Waals surface area contributed by atoms with Crippen LogP contribution in [0.5, 0.6) is 5.75 Å². The van der Waals surface area contributed by atoms with Gasteiger partial charge in [-0.1, -0.05) is 23.6 Å². The first-order chi connectivity index (χ1) is 8.11. The summed E-state index contributed by atoms with van der Waals surface area (Å²) in [5.74, 6) is 7.43. The van der Waals surface area contributed by atoms with Crippen LogP contribution in [0.1, 0.15) is 18.9 Å². The number of ether oxygens (including phenoxy) is 1. The van der Waals surface area contributed by atoms with Crippen molar-refractivity contribution in [2.45, 2.75) is 13.3 Å². The molecule has 0 aliphatic carbocycles. The van der Waals surface area contributed by atoms with Crippen molar-refractivity contribution in [1.29, 1.82) is 0 Å². The predicted molar refractivity (Wildman–Crippen MR) is 72.0 cm³/mol. The fourth-order valence-electron chi connectivity index (χ4n) is 1.22. The number of thioether (sulfide) groups is 1. The van der Waals surface area contributed by atoms with Crippen molar-refractivity contribution >= 4 is 22.6 Å². The number of hydrogen-bond acceptors (Lipinski definition) is 4. The molecule has 0 bridgehead atoms. The summed E-state index contributed by atoms with van der Waals surface area (Å²) in [4.78, 5) is 10.7. The van der Waals surface area contributed by atoms with E-state index in [1.54, 1.807) is 26.2 Å². The number of carbonyl (C=O) groups is 1. The average molecular weight is 249 g/mol. The summed E-state index contributed by atoms with van der Waals surface area (Å²) in [6.07, 6.45) is 0.682. The van der Waals surface area contributed by atoms with Crippen LogP contribution in [0.4, 0.5) is 5.69 Å². The van der Waals surface area contributed by atoms with E-state index in [0.717, 1.165) is 11.3 Å². The van der Waals surface area contributed by atoms with Gasteiger partial charge in [0.1, 0.15) is 5.75 Å². The molecule has 0 heterocycles. The number of carbonyl (C=O) groups excluding carboxylic acids is 1. The Hall–Kier alpha value is -1.60. The van der Waals surface area contributed by atoms with Crippen molar-refractivity contribution in [3.63, 3.8) is 0 Å². The van der Waals surface area contributed by atoms with Crippen molar-refractivity contribution in [3.8, 4) is 17.6 Å². The molecule has 1 aromatic rings. The lowest BCUT2D eigenvalue weighted by molar-refractivity contribution is -0.109. The maximum atomic E-state index is 10.7. The first-order valence-electron chi connectivity index (χ1n) is 5.18. The van der Waals surface area contributed by atoms with E-state index in [1.165, 1.54) is 11.8 Å². The Kier molecular flexibility index (Phi) is 5.44. The number of nitrogen functional groups attached to an aromatic ring is 1. The molecule has 0 fully saturated rings. The highest BCUT2D eigenvalue weighted by molar-refractivity contribution is 8.13. The molecular formula is C13H15NO2S. The van der Waals surface area contributed by atoms with E-state index >= 15 is 0 Å². The minimum Gasteiger partial charge on any atom is -0.497 e. The van der Waals surface area contributed by atoms with Crippen molar-refractivity contribution in [1.82, 2.24) is 0 Å². The number of rotatable bonds is 3. The Balaban J connectivity index is 2.59. The van der Waals surface area contributed by atoms with Crippen molar-refractivity contribution < 1.29 is 9.53 Å². The van der Waals surface area contributed by atoms with Crippen LogP contribution in [-0.4, -0.2) is 18.0 Å². The molecule has 0 saturated carbocycles. The Morgan fingerprint density at radius 3 is 2.88 bits per heavy atom. The maximum Gasteiger partial charge on any atom is 0.185 e. The molecule has 0 saturated heterocycles. The summed E-state index contributed by atoms with van der Waals surface area (Å²) < 4.78 is 5.10. The molecule has 0 unspecified atom stereocenters. The average Bonchev–Trinajstić information content (AvgIpc) is 2.27. The van der Waals surface area contributed by atoms with E-state index in [1.807, 2.05) is 6.07 Å². The third kappa shape index (κ3) is 5.32. The quantitative estimate of drug-likeness (QED) is 0.507. The van der Waals surface area contributed by atoms with E-state index in [0.29, 0.717) is 17.9 Å². The lowest BCUT2D eigenvalue weighted by Gasteiger charge is -2.01. The third-order valence-electron chi connectivity index (χ3n) is 1.93. The molecule has 1 aromatic carbocycles. The number of methoxy groups -OCH3 is 1. The van der Waals surface area contributed by atoms with E-state index < -0.39 is 0 Å². The Bertz CT molecular complexity index is 460. The largest absolute Gasteiger partial charge is 0.497 e. The minimum absolute atomic E-state index is 0.123. The molecule has 2 N–H and O–H groups in total. The Morgan fingerprint density at radius 1 is 1.47 bits per heavy atom. The van der Waals surface area contributed by atoms with Crippen LogP contribution in [0.15, 0.2) is 18.2 Å². The van der Waals surface area contributed by atoms with Crippen molar-refractivity contribution in [2.24, 2.45) is 0 Å². The molecule has 90 valence electrons. The Morgan fingerprint density at radius 2 is 2.24 bits per heavy atom. The first kappa shape index (κ1) is 13.5. The van der Waals surface area contributed by atoms with Gasteiger partial charge in [-0.3, -0.25) is 4.79 Å². The van der Waals surface area contributed by atoms with E-state index in [-0.39, 0.29) is 5.12 Å². The van der Waals surface area contributed by atoms with Gasteiger partial charge in [-0.2, -0.15) is 0 Å². The van der Waals surface area contributed by atoms with Crippen LogP contribution in [0.25, 0.3) is 0 Å². The molecule has 0 radical (unpaired) electrons. The predicted octanol–water partition coefficient (Wildman–Crippen LogP) is 2.30. The van der Waals surface area contributed by atoms with E-state index in [4.69, 9.17) is 10.5 Å². The second kappa shape index (κ2) is 6.87. The van der Waals surface area contributed by atoms with Crippen LogP contribution in [0.3, 0.4) is 0 Å². The van der Waals surface area contributed by atoms with Crippen molar-refractivity contribution in [2.75, 3.05) is 18.6 Å². The van der Waals surface area contributed by atoms with Crippen LogP contribution in [0.2, 0.25) is 0 Å².